The topological polar surface area (TPSA) is 140 Å². The van der Waals surface area contributed by atoms with E-state index in [2.05, 4.69) is 25.6 Å². The monoisotopic (exact) mass is 278 g/mol. The zero-order valence-electron chi connectivity index (χ0n) is 10.6. The number of aromatic nitrogens is 1. The molecule has 1 rings (SSSR count). The fourth-order valence-corrected chi connectivity index (χ4v) is 1.36. The predicted molar refractivity (Wildman–Crippen MR) is 71.0 cm³/mol. The molecule has 9 heteroatoms. The number of nitrogens with one attached hydrogen (secondary N) is 2. The van der Waals surface area contributed by atoms with Crippen molar-refractivity contribution in [3.8, 4) is 0 Å². The zero-order valence-corrected chi connectivity index (χ0v) is 10.6. The van der Waals surface area contributed by atoms with Gasteiger partial charge in [-0.1, -0.05) is 5.11 Å². The van der Waals surface area contributed by atoms with E-state index in [-0.39, 0.29) is 25.4 Å². The number of carbonyl (C=O) groups is 2. The molecule has 0 unspecified atom stereocenters. The minimum Gasteiger partial charge on any atom is -0.465 e. The van der Waals surface area contributed by atoms with Crippen LogP contribution < -0.4 is 10.6 Å². The average Bonchev–Trinajstić information content (AvgIpc) is 2.43. The molecular formula is C11H14N6O3. The van der Waals surface area contributed by atoms with Crippen molar-refractivity contribution in [2.45, 2.75) is 19.4 Å². The highest BCUT2D eigenvalue weighted by Gasteiger charge is 2.03. The van der Waals surface area contributed by atoms with Crippen LogP contribution in [-0.2, 0) is 11.3 Å². The SMILES string of the molecule is [N-]=[N+]=NCc1ccc(NC(=O)CCCNC(=O)O)cn1. The van der Waals surface area contributed by atoms with Crippen molar-refractivity contribution < 1.29 is 14.7 Å². The maximum atomic E-state index is 11.5. The van der Waals surface area contributed by atoms with E-state index >= 15 is 0 Å². The Morgan fingerprint density at radius 3 is 2.85 bits per heavy atom. The van der Waals surface area contributed by atoms with E-state index in [4.69, 9.17) is 10.6 Å². The fraction of sp³-hybridized carbons (Fsp3) is 0.364. The molecule has 0 atom stereocenters. The van der Waals surface area contributed by atoms with Crippen molar-refractivity contribution in [1.82, 2.24) is 10.3 Å². The van der Waals surface area contributed by atoms with Crippen LogP contribution in [0.2, 0.25) is 0 Å². The van der Waals surface area contributed by atoms with Crippen LogP contribution in [0.1, 0.15) is 18.5 Å². The second-order valence-corrected chi connectivity index (χ2v) is 3.81. The molecule has 106 valence electrons. The van der Waals surface area contributed by atoms with E-state index in [9.17, 15) is 9.59 Å². The molecular weight excluding hydrogens is 264 g/mol. The lowest BCUT2D eigenvalue weighted by molar-refractivity contribution is -0.116. The maximum absolute atomic E-state index is 11.5. The third-order valence-electron chi connectivity index (χ3n) is 2.26. The Kier molecular flexibility index (Phi) is 6.35. The number of nitrogens with zero attached hydrogens (tertiary/aromatic N) is 4. The number of carboxylic acid groups (broad SMARTS) is 1. The number of hydrogen-bond donors (Lipinski definition) is 3. The molecule has 0 saturated carbocycles. The van der Waals surface area contributed by atoms with Gasteiger partial charge in [-0.15, -0.1) is 0 Å². The van der Waals surface area contributed by atoms with Gasteiger partial charge in [0.25, 0.3) is 0 Å². The molecule has 0 aromatic carbocycles. The van der Waals surface area contributed by atoms with Gasteiger partial charge in [0.1, 0.15) is 0 Å². The van der Waals surface area contributed by atoms with E-state index < -0.39 is 6.09 Å². The smallest absolute Gasteiger partial charge is 0.404 e. The van der Waals surface area contributed by atoms with E-state index in [1.165, 1.54) is 6.20 Å². The Bertz CT molecular complexity index is 509. The number of azide groups is 1. The van der Waals surface area contributed by atoms with Crippen LogP contribution in [0.25, 0.3) is 10.4 Å². The summed E-state index contributed by atoms with van der Waals surface area (Å²) in [7, 11) is 0. The van der Waals surface area contributed by atoms with Gasteiger partial charge >= 0.3 is 6.09 Å². The highest BCUT2D eigenvalue weighted by molar-refractivity contribution is 5.90. The van der Waals surface area contributed by atoms with Crippen LogP contribution in [0, 0.1) is 0 Å². The van der Waals surface area contributed by atoms with E-state index in [0.717, 1.165) is 0 Å². The van der Waals surface area contributed by atoms with Gasteiger partial charge in [-0.2, -0.15) is 0 Å². The quantitative estimate of drug-likeness (QED) is 0.303. The molecule has 0 radical (unpaired) electrons. The summed E-state index contributed by atoms with van der Waals surface area (Å²) >= 11 is 0. The van der Waals surface area contributed by atoms with Crippen LogP contribution in [-0.4, -0.2) is 28.6 Å². The molecule has 1 aromatic heterocycles. The summed E-state index contributed by atoms with van der Waals surface area (Å²) in [6.45, 7) is 0.387. The van der Waals surface area contributed by atoms with Crippen LogP contribution in [0.15, 0.2) is 23.4 Å². The Balaban J connectivity index is 2.34. The highest BCUT2D eigenvalue weighted by atomic mass is 16.4. The summed E-state index contributed by atoms with van der Waals surface area (Å²) < 4.78 is 0. The fourth-order valence-electron chi connectivity index (χ4n) is 1.36. The standard InChI is InChI=1S/C11H14N6O3/c12-17-15-7-8-3-4-9(6-14-8)16-10(18)2-1-5-13-11(19)20/h3-4,6,13H,1-2,5,7H2,(H,16,18)(H,19,20). The van der Waals surface area contributed by atoms with Crippen molar-refractivity contribution in [3.05, 3.63) is 34.5 Å². The van der Waals surface area contributed by atoms with E-state index in [1.807, 2.05) is 0 Å². The second-order valence-electron chi connectivity index (χ2n) is 3.81. The van der Waals surface area contributed by atoms with Gasteiger partial charge < -0.3 is 15.7 Å². The first-order valence-electron chi connectivity index (χ1n) is 5.84. The van der Waals surface area contributed by atoms with Crippen molar-refractivity contribution in [1.29, 1.82) is 0 Å². The Morgan fingerprint density at radius 2 is 2.25 bits per heavy atom. The molecule has 1 heterocycles. The minimum atomic E-state index is -1.11. The zero-order chi connectivity index (χ0) is 14.8. The van der Waals surface area contributed by atoms with Crippen molar-refractivity contribution in [3.63, 3.8) is 0 Å². The van der Waals surface area contributed by atoms with Gasteiger partial charge in [-0.25, -0.2) is 4.79 Å². The van der Waals surface area contributed by atoms with Gasteiger partial charge in [-0.05, 0) is 24.1 Å². The number of hydrogen-bond acceptors (Lipinski definition) is 4. The summed E-state index contributed by atoms with van der Waals surface area (Å²) in [5.41, 5.74) is 9.31. The molecule has 0 aliphatic rings. The van der Waals surface area contributed by atoms with Gasteiger partial charge in [-0.3, -0.25) is 9.78 Å². The number of amides is 2. The van der Waals surface area contributed by atoms with Crippen molar-refractivity contribution >= 4 is 17.7 Å². The lowest BCUT2D eigenvalue weighted by Crippen LogP contribution is -2.23. The molecule has 0 bridgehead atoms. The molecule has 1 aromatic rings. The lowest BCUT2D eigenvalue weighted by atomic mass is 10.2. The highest BCUT2D eigenvalue weighted by Crippen LogP contribution is 2.07. The number of pyridine rings is 1. The summed E-state index contributed by atoms with van der Waals surface area (Å²) in [4.78, 5) is 28.4. The first-order valence-corrected chi connectivity index (χ1v) is 5.84. The lowest BCUT2D eigenvalue weighted by Gasteiger charge is -2.05. The molecule has 20 heavy (non-hydrogen) atoms. The molecule has 0 aliphatic carbocycles. The van der Waals surface area contributed by atoms with Crippen LogP contribution in [0.4, 0.5) is 10.5 Å². The van der Waals surface area contributed by atoms with E-state index in [0.29, 0.717) is 17.8 Å². The third kappa shape index (κ3) is 6.22. The maximum Gasteiger partial charge on any atom is 0.404 e. The molecule has 3 N–H and O–H groups in total. The largest absolute Gasteiger partial charge is 0.465 e. The second kappa shape index (κ2) is 8.33. The van der Waals surface area contributed by atoms with Crippen LogP contribution in [0.5, 0.6) is 0 Å². The molecule has 0 fully saturated rings. The predicted octanol–water partition coefficient (Wildman–Crippen LogP) is 1.88. The van der Waals surface area contributed by atoms with Gasteiger partial charge in [0.2, 0.25) is 5.91 Å². The van der Waals surface area contributed by atoms with Crippen molar-refractivity contribution in [2.24, 2.45) is 5.11 Å². The number of anilines is 1. The van der Waals surface area contributed by atoms with E-state index in [1.54, 1.807) is 12.1 Å². The summed E-state index contributed by atoms with van der Waals surface area (Å²) in [6, 6.07) is 3.30. The van der Waals surface area contributed by atoms with Crippen LogP contribution in [0.3, 0.4) is 0 Å². The summed E-state index contributed by atoms with van der Waals surface area (Å²) in [5, 5.41) is 16.5. The normalized spacial score (nSPS) is 9.40. The number of rotatable bonds is 7. The van der Waals surface area contributed by atoms with Crippen molar-refractivity contribution in [2.75, 3.05) is 11.9 Å². The van der Waals surface area contributed by atoms with Gasteiger partial charge in [0, 0.05) is 23.6 Å². The first-order chi connectivity index (χ1) is 9.61. The average molecular weight is 278 g/mol. The van der Waals surface area contributed by atoms with Gasteiger partial charge in [0.15, 0.2) is 0 Å². The molecule has 9 nitrogen and oxygen atoms in total. The Labute approximate surface area is 114 Å². The minimum absolute atomic E-state index is 0.158. The van der Waals surface area contributed by atoms with Gasteiger partial charge in [0.05, 0.1) is 18.4 Å². The summed E-state index contributed by atoms with van der Waals surface area (Å²) in [5.74, 6) is -0.221. The molecule has 0 saturated heterocycles. The van der Waals surface area contributed by atoms with Crippen LogP contribution >= 0.6 is 0 Å². The third-order valence-corrected chi connectivity index (χ3v) is 2.26. The number of carbonyl (C=O) groups excluding carboxylic acids is 1. The molecule has 2 amide bonds. The Morgan fingerprint density at radius 1 is 1.45 bits per heavy atom. The summed E-state index contributed by atoms with van der Waals surface area (Å²) in [6.07, 6.45) is 0.988. The Hall–Kier alpha value is -2.80. The first kappa shape index (κ1) is 15.3. The molecule has 0 spiro atoms. The molecule has 0 aliphatic heterocycles.